The van der Waals surface area contributed by atoms with Gasteiger partial charge in [0, 0.05) is 25.6 Å². The highest BCUT2D eigenvalue weighted by Gasteiger charge is 2.24. The molecule has 1 aromatic heterocycles. The highest BCUT2D eigenvalue weighted by molar-refractivity contribution is 6.31. The fourth-order valence-corrected chi connectivity index (χ4v) is 1.81. The highest BCUT2D eigenvalue weighted by Crippen LogP contribution is 2.26. The summed E-state index contributed by atoms with van der Waals surface area (Å²) in [6.07, 6.45) is 1.73. The second kappa shape index (κ2) is 3.07. The van der Waals surface area contributed by atoms with Crippen LogP contribution >= 0.6 is 11.6 Å². The molecule has 1 fully saturated rings. The van der Waals surface area contributed by atoms with Crippen LogP contribution < -0.4 is 5.32 Å². The number of hydrogen-bond acceptors (Lipinski definition) is 2. The van der Waals surface area contributed by atoms with Crippen molar-refractivity contribution in [1.82, 2.24) is 15.1 Å². The van der Waals surface area contributed by atoms with Crippen molar-refractivity contribution in [2.45, 2.75) is 19.4 Å². The van der Waals surface area contributed by atoms with E-state index < -0.39 is 0 Å². The van der Waals surface area contributed by atoms with Gasteiger partial charge >= 0.3 is 0 Å². The van der Waals surface area contributed by atoms with E-state index in [0.29, 0.717) is 5.92 Å². The van der Waals surface area contributed by atoms with Gasteiger partial charge in [0.2, 0.25) is 0 Å². The molecule has 0 radical (unpaired) electrons. The van der Waals surface area contributed by atoms with Crippen LogP contribution in [0.15, 0.2) is 6.20 Å². The van der Waals surface area contributed by atoms with Gasteiger partial charge in [0.1, 0.15) is 0 Å². The molecule has 2 rings (SSSR count). The summed E-state index contributed by atoms with van der Waals surface area (Å²) < 4.78 is 1.98. The molecule has 0 amide bonds. The van der Waals surface area contributed by atoms with E-state index in [1.54, 1.807) is 6.20 Å². The van der Waals surface area contributed by atoms with Gasteiger partial charge in [0.05, 0.1) is 16.9 Å². The maximum Gasteiger partial charge on any atom is 0.0821 e. The van der Waals surface area contributed by atoms with Crippen LogP contribution in [0.1, 0.15) is 18.5 Å². The van der Waals surface area contributed by atoms with E-state index in [2.05, 4.69) is 17.3 Å². The van der Waals surface area contributed by atoms with Crippen LogP contribution in [0.25, 0.3) is 0 Å². The first-order chi connectivity index (χ1) is 5.83. The van der Waals surface area contributed by atoms with Crippen molar-refractivity contribution in [2.75, 3.05) is 13.1 Å². The molecule has 0 saturated carbocycles. The minimum atomic E-state index is 0.569. The second-order valence-corrected chi connectivity index (χ2v) is 3.46. The molecule has 0 aliphatic carbocycles. The van der Waals surface area contributed by atoms with Crippen LogP contribution in [0, 0.1) is 0 Å². The third-order valence-corrected chi connectivity index (χ3v) is 2.59. The summed E-state index contributed by atoms with van der Waals surface area (Å²) in [5.74, 6) is 0.569. The molecule has 0 atom stereocenters. The Morgan fingerprint density at radius 2 is 2.50 bits per heavy atom. The van der Waals surface area contributed by atoms with Crippen molar-refractivity contribution in [3.05, 3.63) is 16.9 Å². The van der Waals surface area contributed by atoms with E-state index in [9.17, 15) is 0 Å². The Morgan fingerprint density at radius 3 is 3.00 bits per heavy atom. The van der Waals surface area contributed by atoms with Crippen LogP contribution in [0.4, 0.5) is 0 Å². The number of hydrogen-bond donors (Lipinski definition) is 1. The minimum absolute atomic E-state index is 0.569. The predicted octanol–water partition coefficient (Wildman–Crippen LogP) is 1.24. The molecule has 2 heterocycles. The van der Waals surface area contributed by atoms with Crippen molar-refractivity contribution in [3.8, 4) is 0 Å². The molecular formula is C8H12ClN3. The lowest BCUT2D eigenvalue weighted by atomic mass is 9.99. The van der Waals surface area contributed by atoms with Gasteiger partial charge in [0.25, 0.3) is 0 Å². The third-order valence-electron chi connectivity index (χ3n) is 2.30. The number of nitrogens with one attached hydrogen (secondary N) is 1. The van der Waals surface area contributed by atoms with Crippen molar-refractivity contribution in [3.63, 3.8) is 0 Å². The molecule has 1 aliphatic heterocycles. The number of rotatable bonds is 2. The van der Waals surface area contributed by atoms with Crippen molar-refractivity contribution in [1.29, 1.82) is 0 Å². The fraction of sp³-hybridized carbons (Fsp3) is 0.625. The number of aryl methyl sites for hydroxylation is 1. The lowest BCUT2D eigenvalue weighted by molar-refractivity contribution is 0.417. The van der Waals surface area contributed by atoms with Crippen molar-refractivity contribution in [2.24, 2.45) is 0 Å². The molecule has 0 aromatic carbocycles. The second-order valence-electron chi connectivity index (χ2n) is 3.05. The first-order valence-corrected chi connectivity index (χ1v) is 4.62. The Bertz CT molecular complexity index is 278. The van der Waals surface area contributed by atoms with Gasteiger partial charge in [0.15, 0.2) is 0 Å². The first kappa shape index (κ1) is 8.08. The molecule has 66 valence electrons. The Hall–Kier alpha value is -0.540. The van der Waals surface area contributed by atoms with E-state index in [-0.39, 0.29) is 0 Å². The lowest BCUT2D eigenvalue weighted by Gasteiger charge is -2.27. The van der Waals surface area contributed by atoms with E-state index in [0.717, 1.165) is 24.7 Å². The average molecular weight is 186 g/mol. The Kier molecular flexibility index (Phi) is 2.07. The largest absolute Gasteiger partial charge is 0.315 e. The van der Waals surface area contributed by atoms with Crippen LogP contribution in [0.3, 0.4) is 0 Å². The zero-order chi connectivity index (χ0) is 8.55. The molecule has 0 bridgehead atoms. The zero-order valence-corrected chi connectivity index (χ0v) is 7.80. The Labute approximate surface area is 76.7 Å². The summed E-state index contributed by atoms with van der Waals surface area (Å²) in [6.45, 7) is 5.05. The first-order valence-electron chi connectivity index (χ1n) is 4.25. The molecule has 1 saturated heterocycles. The Balaban J connectivity index is 2.31. The van der Waals surface area contributed by atoms with E-state index in [4.69, 9.17) is 11.6 Å². The molecule has 0 spiro atoms. The van der Waals surface area contributed by atoms with Crippen LogP contribution in [0.2, 0.25) is 5.02 Å². The van der Waals surface area contributed by atoms with Gasteiger partial charge in [-0.3, -0.25) is 4.68 Å². The quantitative estimate of drug-likeness (QED) is 0.752. The third kappa shape index (κ3) is 1.13. The van der Waals surface area contributed by atoms with Gasteiger partial charge in [-0.05, 0) is 6.92 Å². The van der Waals surface area contributed by atoms with Crippen molar-refractivity contribution < 1.29 is 0 Å². The summed E-state index contributed by atoms with van der Waals surface area (Å²) in [6, 6.07) is 0. The van der Waals surface area contributed by atoms with Gasteiger partial charge in [-0.1, -0.05) is 11.6 Å². The molecule has 1 N–H and O–H groups in total. The van der Waals surface area contributed by atoms with Crippen LogP contribution in [-0.4, -0.2) is 22.9 Å². The summed E-state index contributed by atoms with van der Waals surface area (Å²) in [5, 5.41) is 8.23. The molecule has 0 unspecified atom stereocenters. The predicted molar refractivity (Wildman–Crippen MR) is 48.5 cm³/mol. The SMILES string of the molecule is CCn1ncc(Cl)c1C1CNC1. The fourth-order valence-electron chi connectivity index (χ4n) is 1.51. The normalized spacial score (nSPS) is 17.8. The monoisotopic (exact) mass is 185 g/mol. The van der Waals surface area contributed by atoms with E-state index in [1.165, 1.54) is 5.69 Å². The molecule has 4 heteroatoms. The number of aromatic nitrogens is 2. The molecule has 3 nitrogen and oxygen atoms in total. The van der Waals surface area contributed by atoms with Gasteiger partial charge in [-0.2, -0.15) is 5.10 Å². The van der Waals surface area contributed by atoms with Gasteiger partial charge in [-0.25, -0.2) is 0 Å². The lowest BCUT2D eigenvalue weighted by Crippen LogP contribution is -2.41. The molecular weight excluding hydrogens is 174 g/mol. The average Bonchev–Trinajstić information content (AvgIpc) is 2.30. The number of nitrogens with zero attached hydrogens (tertiary/aromatic N) is 2. The zero-order valence-electron chi connectivity index (χ0n) is 7.05. The van der Waals surface area contributed by atoms with Crippen LogP contribution in [0.5, 0.6) is 0 Å². The summed E-state index contributed by atoms with van der Waals surface area (Å²) in [4.78, 5) is 0. The van der Waals surface area contributed by atoms with Gasteiger partial charge in [-0.15, -0.1) is 0 Å². The summed E-state index contributed by atoms with van der Waals surface area (Å²) in [5.41, 5.74) is 1.19. The minimum Gasteiger partial charge on any atom is -0.315 e. The van der Waals surface area contributed by atoms with Crippen LogP contribution in [-0.2, 0) is 6.54 Å². The smallest absolute Gasteiger partial charge is 0.0821 e. The molecule has 1 aromatic rings. The van der Waals surface area contributed by atoms with Gasteiger partial charge < -0.3 is 5.32 Å². The van der Waals surface area contributed by atoms with E-state index in [1.807, 2.05) is 4.68 Å². The summed E-state index contributed by atoms with van der Waals surface area (Å²) in [7, 11) is 0. The van der Waals surface area contributed by atoms with Crippen molar-refractivity contribution >= 4 is 11.6 Å². The molecule has 12 heavy (non-hydrogen) atoms. The molecule has 1 aliphatic rings. The van der Waals surface area contributed by atoms with E-state index >= 15 is 0 Å². The number of halogens is 1. The highest BCUT2D eigenvalue weighted by atomic mass is 35.5. The topological polar surface area (TPSA) is 29.9 Å². The maximum absolute atomic E-state index is 6.02. The summed E-state index contributed by atoms with van der Waals surface area (Å²) >= 11 is 6.02. The Morgan fingerprint density at radius 1 is 1.75 bits per heavy atom. The standard InChI is InChI=1S/C8H12ClN3/c1-2-12-8(6-3-10-4-6)7(9)5-11-12/h5-6,10H,2-4H2,1H3. The maximum atomic E-state index is 6.02.